The topological polar surface area (TPSA) is 55.3 Å². The molecule has 118 valence electrons. The van der Waals surface area contributed by atoms with Crippen molar-refractivity contribution in [3.63, 3.8) is 0 Å². The summed E-state index contributed by atoms with van der Waals surface area (Å²) in [7, 11) is 0. The first-order valence-electron chi connectivity index (χ1n) is 7.08. The monoisotopic (exact) mass is 311 g/mol. The fourth-order valence-corrected chi connectivity index (χ4v) is 2.64. The number of nitrogens with two attached hydrogens (primary N) is 1. The highest BCUT2D eigenvalue weighted by atomic mass is 19.4. The molecule has 22 heavy (non-hydrogen) atoms. The molecule has 0 atom stereocenters. The van der Waals surface area contributed by atoms with Crippen LogP contribution in [0.2, 0.25) is 0 Å². The Labute approximate surface area is 125 Å². The smallest absolute Gasteiger partial charge is 0.367 e. The van der Waals surface area contributed by atoms with Gasteiger partial charge in [-0.05, 0) is 25.0 Å². The highest BCUT2D eigenvalue weighted by Crippen LogP contribution is 2.36. The Morgan fingerprint density at radius 2 is 1.95 bits per heavy atom. The molecule has 1 aromatic heterocycles. The normalized spacial score (nSPS) is 17.0. The van der Waals surface area contributed by atoms with Gasteiger partial charge in [0.15, 0.2) is 5.76 Å². The molecule has 0 aliphatic carbocycles. The van der Waals surface area contributed by atoms with Crippen LogP contribution in [0.4, 0.5) is 18.9 Å². The van der Waals surface area contributed by atoms with Crippen molar-refractivity contribution < 1.29 is 17.7 Å². The van der Waals surface area contributed by atoms with E-state index in [0.29, 0.717) is 17.0 Å². The molecule has 2 N–H and O–H groups in total. The number of hydrogen-bond donors (Lipinski definition) is 1. The zero-order valence-electron chi connectivity index (χ0n) is 11.8. The molecule has 2 heterocycles. The molecular weight excluding hydrogens is 295 g/mol. The van der Waals surface area contributed by atoms with Crippen LogP contribution < -0.4 is 10.6 Å². The molecule has 0 spiro atoms. The predicted molar refractivity (Wildman–Crippen MR) is 76.4 cm³/mol. The maximum atomic E-state index is 12.8. The van der Waals surface area contributed by atoms with E-state index in [1.165, 1.54) is 6.07 Å². The Morgan fingerprint density at radius 1 is 1.23 bits per heavy atom. The minimum Gasteiger partial charge on any atom is -0.367 e. The van der Waals surface area contributed by atoms with Crippen LogP contribution in [-0.4, -0.2) is 24.3 Å². The molecule has 4 nitrogen and oxygen atoms in total. The lowest BCUT2D eigenvalue weighted by molar-refractivity contribution is -0.137. The second-order valence-corrected chi connectivity index (χ2v) is 5.44. The van der Waals surface area contributed by atoms with E-state index in [2.05, 4.69) is 10.1 Å². The number of rotatable bonds is 2. The minimum absolute atomic E-state index is 0.174. The van der Waals surface area contributed by atoms with Crippen molar-refractivity contribution in [3.8, 4) is 11.3 Å². The second-order valence-electron chi connectivity index (χ2n) is 5.44. The molecule has 0 bridgehead atoms. The van der Waals surface area contributed by atoms with Crippen LogP contribution in [0.1, 0.15) is 18.4 Å². The van der Waals surface area contributed by atoms with E-state index in [-0.39, 0.29) is 6.04 Å². The van der Waals surface area contributed by atoms with Crippen LogP contribution in [0.25, 0.3) is 11.3 Å². The van der Waals surface area contributed by atoms with Crippen molar-refractivity contribution in [2.45, 2.75) is 25.1 Å². The first kappa shape index (κ1) is 14.9. The van der Waals surface area contributed by atoms with E-state index in [9.17, 15) is 13.2 Å². The van der Waals surface area contributed by atoms with Gasteiger partial charge in [0.2, 0.25) is 0 Å². The van der Waals surface area contributed by atoms with Gasteiger partial charge in [0.1, 0.15) is 5.69 Å². The number of nitrogens with zero attached hydrogens (tertiary/aromatic N) is 2. The molecule has 0 radical (unpaired) electrons. The molecule has 0 unspecified atom stereocenters. The molecule has 1 aliphatic rings. The summed E-state index contributed by atoms with van der Waals surface area (Å²) in [5.74, 6) is 0.363. The van der Waals surface area contributed by atoms with Gasteiger partial charge in [-0.15, -0.1) is 0 Å². The molecule has 0 amide bonds. The Morgan fingerprint density at radius 3 is 2.64 bits per heavy atom. The zero-order valence-corrected chi connectivity index (χ0v) is 11.8. The number of hydrogen-bond acceptors (Lipinski definition) is 4. The molecular formula is C15H16F3N3O. The maximum Gasteiger partial charge on any atom is 0.416 e. The number of anilines is 1. The Kier molecular flexibility index (Phi) is 3.82. The fraction of sp³-hybridized carbons (Fsp3) is 0.400. The third-order valence-electron chi connectivity index (χ3n) is 3.88. The van der Waals surface area contributed by atoms with E-state index >= 15 is 0 Å². The molecule has 1 fully saturated rings. The predicted octanol–water partition coefficient (Wildman–Crippen LogP) is 3.29. The van der Waals surface area contributed by atoms with Crippen molar-refractivity contribution in [1.29, 1.82) is 0 Å². The number of piperidine rings is 1. The van der Waals surface area contributed by atoms with Crippen LogP contribution in [0, 0.1) is 0 Å². The number of aromatic nitrogens is 1. The summed E-state index contributed by atoms with van der Waals surface area (Å²) >= 11 is 0. The first-order chi connectivity index (χ1) is 10.4. The van der Waals surface area contributed by atoms with Crippen LogP contribution >= 0.6 is 0 Å². The number of alkyl halides is 3. The maximum absolute atomic E-state index is 12.8. The lowest BCUT2D eigenvalue weighted by atomic mass is 10.0. The summed E-state index contributed by atoms with van der Waals surface area (Å²) in [6.07, 6.45) is -1.15. The highest BCUT2D eigenvalue weighted by Gasteiger charge is 2.31. The zero-order chi connectivity index (χ0) is 15.7. The van der Waals surface area contributed by atoms with E-state index < -0.39 is 11.7 Å². The van der Waals surface area contributed by atoms with Crippen LogP contribution in [0.15, 0.2) is 35.0 Å². The van der Waals surface area contributed by atoms with Gasteiger partial charge in [0.05, 0.1) is 11.8 Å². The molecule has 3 rings (SSSR count). The Bertz CT molecular complexity index is 645. The van der Waals surface area contributed by atoms with Crippen LogP contribution in [0.3, 0.4) is 0 Å². The van der Waals surface area contributed by atoms with Crippen molar-refractivity contribution in [1.82, 2.24) is 5.16 Å². The SMILES string of the molecule is NC1CCN(c2cnoc2-c2cccc(C(F)(F)F)c2)CC1. The van der Waals surface area contributed by atoms with Gasteiger partial charge in [-0.25, -0.2) is 0 Å². The lowest BCUT2D eigenvalue weighted by Gasteiger charge is -2.31. The molecule has 1 saturated heterocycles. The van der Waals surface area contributed by atoms with Crippen molar-refractivity contribution in [2.24, 2.45) is 5.73 Å². The third-order valence-corrected chi connectivity index (χ3v) is 3.88. The summed E-state index contributed by atoms with van der Waals surface area (Å²) < 4.78 is 43.7. The van der Waals surface area contributed by atoms with Gasteiger partial charge in [-0.1, -0.05) is 17.3 Å². The van der Waals surface area contributed by atoms with Gasteiger partial charge in [0.25, 0.3) is 0 Å². The summed E-state index contributed by atoms with van der Waals surface area (Å²) in [6, 6.07) is 5.26. The molecule has 1 aliphatic heterocycles. The fourth-order valence-electron chi connectivity index (χ4n) is 2.64. The molecule has 1 aromatic carbocycles. The second kappa shape index (κ2) is 5.64. The van der Waals surface area contributed by atoms with Crippen LogP contribution in [0.5, 0.6) is 0 Å². The van der Waals surface area contributed by atoms with Gasteiger partial charge in [-0.2, -0.15) is 13.2 Å². The van der Waals surface area contributed by atoms with E-state index in [0.717, 1.165) is 38.1 Å². The van der Waals surface area contributed by atoms with Gasteiger partial charge >= 0.3 is 6.18 Å². The Balaban J connectivity index is 1.92. The number of halogens is 3. The highest BCUT2D eigenvalue weighted by molar-refractivity contribution is 5.73. The summed E-state index contributed by atoms with van der Waals surface area (Å²) in [6.45, 7) is 1.49. The van der Waals surface area contributed by atoms with E-state index in [1.54, 1.807) is 12.3 Å². The minimum atomic E-state index is -4.38. The quantitative estimate of drug-likeness (QED) is 0.924. The van der Waals surface area contributed by atoms with Crippen molar-refractivity contribution in [2.75, 3.05) is 18.0 Å². The van der Waals surface area contributed by atoms with Gasteiger partial charge in [-0.3, -0.25) is 0 Å². The number of benzene rings is 1. The standard InChI is InChI=1S/C15H16F3N3O/c16-15(17,18)11-3-1-2-10(8-11)14-13(9-20-22-14)21-6-4-12(19)5-7-21/h1-3,8-9,12H,4-7,19H2. The van der Waals surface area contributed by atoms with Crippen molar-refractivity contribution >= 4 is 5.69 Å². The van der Waals surface area contributed by atoms with E-state index in [1.807, 2.05) is 0 Å². The lowest BCUT2D eigenvalue weighted by Crippen LogP contribution is -2.39. The van der Waals surface area contributed by atoms with Gasteiger partial charge in [0, 0.05) is 24.7 Å². The average molecular weight is 311 g/mol. The molecule has 0 saturated carbocycles. The molecule has 2 aromatic rings. The van der Waals surface area contributed by atoms with Crippen LogP contribution in [-0.2, 0) is 6.18 Å². The average Bonchev–Trinajstić information content (AvgIpc) is 2.97. The van der Waals surface area contributed by atoms with Crippen molar-refractivity contribution in [3.05, 3.63) is 36.0 Å². The summed E-state index contributed by atoms with van der Waals surface area (Å²) in [5, 5.41) is 3.76. The summed E-state index contributed by atoms with van der Waals surface area (Å²) in [4.78, 5) is 2.05. The largest absolute Gasteiger partial charge is 0.416 e. The first-order valence-corrected chi connectivity index (χ1v) is 7.08. The van der Waals surface area contributed by atoms with Gasteiger partial charge < -0.3 is 15.2 Å². The summed E-state index contributed by atoms with van der Waals surface area (Å²) in [5.41, 5.74) is 6.26. The Hall–Kier alpha value is -2.02. The molecule has 7 heteroatoms. The third kappa shape index (κ3) is 2.94. The van der Waals surface area contributed by atoms with E-state index in [4.69, 9.17) is 10.3 Å².